The van der Waals surface area contributed by atoms with Gasteiger partial charge >= 0.3 is 0 Å². The van der Waals surface area contributed by atoms with Crippen molar-refractivity contribution in [2.75, 3.05) is 27.2 Å². The van der Waals surface area contributed by atoms with Gasteiger partial charge in [0.15, 0.2) is 5.96 Å². The number of nitrogens with zero attached hydrogens (tertiary/aromatic N) is 2. The van der Waals surface area contributed by atoms with Crippen LogP contribution in [0.1, 0.15) is 30.0 Å². The molecule has 1 amide bonds. The monoisotopic (exact) mass is 302 g/mol. The van der Waals surface area contributed by atoms with Gasteiger partial charge in [-0.2, -0.15) is 0 Å². The van der Waals surface area contributed by atoms with Crippen molar-refractivity contribution in [1.82, 2.24) is 15.5 Å². The number of nitrogens with one attached hydrogen (secondary N) is 2. The quantitative estimate of drug-likeness (QED) is 0.637. The third-order valence-corrected chi connectivity index (χ3v) is 3.83. The molecule has 2 N–H and O–H groups in total. The molecule has 0 aliphatic heterocycles. The molecule has 1 aliphatic carbocycles. The summed E-state index contributed by atoms with van der Waals surface area (Å²) in [6.45, 7) is 3.66. The fourth-order valence-electron chi connectivity index (χ4n) is 2.55. The molecule has 1 aliphatic rings. The second-order valence-electron chi connectivity index (χ2n) is 5.79. The van der Waals surface area contributed by atoms with Gasteiger partial charge in [-0.25, -0.2) is 4.99 Å². The maximum atomic E-state index is 11.6. The highest BCUT2D eigenvalue weighted by atomic mass is 16.2. The molecule has 0 saturated carbocycles. The molecule has 0 aromatic heterocycles. The Balaban J connectivity index is 1.96. The van der Waals surface area contributed by atoms with Gasteiger partial charge < -0.3 is 15.5 Å². The van der Waals surface area contributed by atoms with Crippen LogP contribution < -0.4 is 10.6 Å². The third-order valence-electron chi connectivity index (χ3n) is 3.83. The summed E-state index contributed by atoms with van der Waals surface area (Å²) >= 11 is 0. The van der Waals surface area contributed by atoms with E-state index < -0.39 is 0 Å². The lowest BCUT2D eigenvalue weighted by Gasteiger charge is -2.14. The van der Waals surface area contributed by atoms with Gasteiger partial charge in [0.1, 0.15) is 0 Å². The first-order valence-electron chi connectivity index (χ1n) is 7.93. The maximum Gasteiger partial charge on any atom is 0.241 e. The summed E-state index contributed by atoms with van der Waals surface area (Å²) in [4.78, 5) is 17.8. The van der Waals surface area contributed by atoms with E-state index in [0.717, 1.165) is 6.54 Å². The van der Waals surface area contributed by atoms with Crippen molar-refractivity contribution in [3.63, 3.8) is 0 Å². The van der Waals surface area contributed by atoms with E-state index in [1.165, 1.54) is 36.0 Å². The molecule has 5 nitrogen and oxygen atoms in total. The summed E-state index contributed by atoms with van der Waals surface area (Å²) in [6.07, 6.45) is 3.65. The molecule has 0 bridgehead atoms. The van der Waals surface area contributed by atoms with E-state index in [1.54, 1.807) is 19.0 Å². The van der Waals surface area contributed by atoms with Crippen LogP contribution in [0.15, 0.2) is 23.2 Å². The van der Waals surface area contributed by atoms with Crippen LogP contribution in [0.2, 0.25) is 0 Å². The molecule has 0 fully saturated rings. The summed E-state index contributed by atoms with van der Waals surface area (Å²) in [5, 5.41) is 6.24. The maximum absolute atomic E-state index is 11.6. The van der Waals surface area contributed by atoms with Gasteiger partial charge in [0.05, 0.1) is 13.1 Å². The summed E-state index contributed by atoms with van der Waals surface area (Å²) in [5.74, 6) is 0.710. The van der Waals surface area contributed by atoms with Gasteiger partial charge in [0, 0.05) is 20.6 Å². The number of hydrogen-bond acceptors (Lipinski definition) is 2. The van der Waals surface area contributed by atoms with Crippen LogP contribution in [-0.2, 0) is 24.2 Å². The smallest absolute Gasteiger partial charge is 0.241 e. The normalized spacial score (nSPS) is 13.7. The fraction of sp³-hybridized carbons (Fsp3) is 0.529. The zero-order valence-electron chi connectivity index (χ0n) is 13.8. The van der Waals surface area contributed by atoms with Crippen molar-refractivity contribution >= 4 is 11.9 Å². The number of aliphatic imine (C=N–C) groups is 1. The lowest BCUT2D eigenvalue weighted by molar-refractivity contribution is -0.127. The van der Waals surface area contributed by atoms with Crippen LogP contribution in [0.25, 0.3) is 0 Å². The zero-order chi connectivity index (χ0) is 15.9. The molecule has 1 aromatic rings. The molecule has 22 heavy (non-hydrogen) atoms. The first-order chi connectivity index (χ1) is 10.6. The molecule has 1 aromatic carbocycles. The van der Waals surface area contributed by atoms with Gasteiger partial charge in [-0.05, 0) is 42.9 Å². The van der Waals surface area contributed by atoms with E-state index in [9.17, 15) is 4.79 Å². The summed E-state index contributed by atoms with van der Waals surface area (Å²) in [6, 6.07) is 6.64. The van der Waals surface area contributed by atoms with Crippen molar-refractivity contribution in [2.45, 2.75) is 32.7 Å². The minimum atomic E-state index is 0.0307. The molecule has 0 spiro atoms. The SMILES string of the molecule is CCNC(=NCc1ccc2c(c1)CCC2)NCC(=O)N(C)C. The summed E-state index contributed by atoms with van der Waals surface area (Å²) in [5.41, 5.74) is 4.17. The fourth-order valence-corrected chi connectivity index (χ4v) is 2.55. The minimum Gasteiger partial charge on any atom is -0.357 e. The van der Waals surface area contributed by atoms with E-state index in [2.05, 4.69) is 33.8 Å². The second kappa shape index (κ2) is 7.82. The van der Waals surface area contributed by atoms with E-state index in [-0.39, 0.29) is 12.5 Å². The Morgan fingerprint density at radius 2 is 2.00 bits per heavy atom. The van der Waals surface area contributed by atoms with Crippen LogP contribution in [-0.4, -0.2) is 44.0 Å². The average Bonchev–Trinajstić information content (AvgIpc) is 2.97. The van der Waals surface area contributed by atoms with E-state index in [4.69, 9.17) is 0 Å². The van der Waals surface area contributed by atoms with Gasteiger partial charge in [0.2, 0.25) is 5.91 Å². The van der Waals surface area contributed by atoms with Crippen molar-refractivity contribution < 1.29 is 4.79 Å². The van der Waals surface area contributed by atoms with Crippen molar-refractivity contribution in [3.05, 3.63) is 34.9 Å². The van der Waals surface area contributed by atoms with Crippen molar-refractivity contribution in [3.8, 4) is 0 Å². The number of carbonyl (C=O) groups excluding carboxylic acids is 1. The number of guanidine groups is 1. The number of hydrogen-bond donors (Lipinski definition) is 2. The Hall–Kier alpha value is -2.04. The lowest BCUT2D eigenvalue weighted by atomic mass is 10.1. The first kappa shape index (κ1) is 16.3. The Morgan fingerprint density at radius 3 is 2.73 bits per heavy atom. The Kier molecular flexibility index (Phi) is 5.81. The zero-order valence-corrected chi connectivity index (χ0v) is 13.8. The Bertz CT molecular complexity index is 552. The predicted molar refractivity (Wildman–Crippen MR) is 90.0 cm³/mol. The number of rotatable bonds is 5. The number of benzene rings is 1. The van der Waals surface area contributed by atoms with Gasteiger partial charge in [0.25, 0.3) is 0 Å². The van der Waals surface area contributed by atoms with Crippen molar-refractivity contribution in [1.29, 1.82) is 0 Å². The molecule has 0 saturated heterocycles. The van der Waals surface area contributed by atoms with E-state index >= 15 is 0 Å². The summed E-state index contributed by atoms with van der Waals surface area (Å²) < 4.78 is 0. The third kappa shape index (κ3) is 4.48. The largest absolute Gasteiger partial charge is 0.357 e. The highest BCUT2D eigenvalue weighted by Crippen LogP contribution is 2.22. The highest BCUT2D eigenvalue weighted by molar-refractivity contribution is 5.86. The van der Waals surface area contributed by atoms with E-state index in [0.29, 0.717) is 12.5 Å². The second-order valence-corrected chi connectivity index (χ2v) is 5.79. The first-order valence-corrected chi connectivity index (χ1v) is 7.93. The van der Waals surface area contributed by atoms with Crippen LogP contribution in [0, 0.1) is 0 Å². The molecular weight excluding hydrogens is 276 g/mol. The van der Waals surface area contributed by atoms with Crippen LogP contribution in [0.4, 0.5) is 0 Å². The minimum absolute atomic E-state index is 0.0307. The van der Waals surface area contributed by atoms with Crippen LogP contribution >= 0.6 is 0 Å². The van der Waals surface area contributed by atoms with Gasteiger partial charge in [-0.1, -0.05) is 18.2 Å². The molecule has 0 heterocycles. The number of carbonyl (C=O) groups is 1. The molecule has 0 radical (unpaired) electrons. The Morgan fingerprint density at radius 1 is 1.23 bits per heavy atom. The number of fused-ring (bicyclic) bond motifs is 1. The molecule has 120 valence electrons. The number of likely N-dealkylation sites (N-methyl/N-ethyl adjacent to an activating group) is 1. The molecule has 2 rings (SSSR count). The molecule has 0 atom stereocenters. The van der Waals surface area contributed by atoms with Gasteiger partial charge in [-0.15, -0.1) is 0 Å². The topological polar surface area (TPSA) is 56.7 Å². The van der Waals surface area contributed by atoms with Gasteiger partial charge in [-0.3, -0.25) is 4.79 Å². The summed E-state index contributed by atoms with van der Waals surface area (Å²) in [7, 11) is 3.50. The molecule has 0 unspecified atom stereocenters. The Labute approximate surface area is 132 Å². The predicted octanol–water partition coefficient (Wildman–Crippen LogP) is 1.32. The number of amides is 1. The van der Waals surface area contributed by atoms with Crippen molar-refractivity contribution in [2.24, 2.45) is 4.99 Å². The standard InChI is InChI=1S/C17H26N4O/c1-4-18-17(20-12-16(22)21(2)3)19-11-13-8-9-14-6-5-7-15(14)10-13/h8-10H,4-7,11-12H2,1-3H3,(H2,18,19,20). The molecular formula is C17H26N4O. The van der Waals surface area contributed by atoms with Crippen LogP contribution in [0.5, 0.6) is 0 Å². The lowest BCUT2D eigenvalue weighted by Crippen LogP contribution is -2.42. The van der Waals surface area contributed by atoms with E-state index in [1.807, 2.05) is 6.92 Å². The molecule has 5 heteroatoms. The average molecular weight is 302 g/mol. The highest BCUT2D eigenvalue weighted by Gasteiger charge is 2.10. The van der Waals surface area contributed by atoms with Crippen LogP contribution in [0.3, 0.4) is 0 Å². The number of aryl methyl sites for hydroxylation is 2.